The van der Waals surface area contributed by atoms with E-state index in [1.807, 2.05) is 0 Å². The van der Waals surface area contributed by atoms with E-state index in [4.69, 9.17) is 4.42 Å². The second-order valence-corrected chi connectivity index (χ2v) is 5.08. The summed E-state index contributed by atoms with van der Waals surface area (Å²) in [5.41, 5.74) is 0.437. The third-order valence-electron chi connectivity index (χ3n) is 3.03. The van der Waals surface area contributed by atoms with Crippen LogP contribution in [-0.4, -0.2) is 48.3 Å². The Labute approximate surface area is 114 Å². The van der Waals surface area contributed by atoms with Gasteiger partial charge in [-0.2, -0.15) is 0 Å². The molecule has 1 saturated heterocycles. The van der Waals surface area contributed by atoms with Crippen LogP contribution in [-0.2, 0) is 4.79 Å². The number of carbonyl (C=O) groups excluding carboxylic acids is 2. The molecule has 0 radical (unpaired) electrons. The molecular weight excluding hydrogens is 300 g/mol. The molecule has 5 nitrogen and oxygen atoms in total. The Morgan fingerprint density at radius 1 is 1.44 bits per heavy atom. The average molecular weight is 315 g/mol. The summed E-state index contributed by atoms with van der Waals surface area (Å²) in [5, 5.41) is 0. The van der Waals surface area contributed by atoms with Crippen LogP contribution < -0.4 is 0 Å². The first-order valence-electron chi connectivity index (χ1n) is 5.86. The molecule has 0 bridgehead atoms. The van der Waals surface area contributed by atoms with E-state index in [2.05, 4.69) is 15.9 Å². The fourth-order valence-corrected chi connectivity index (χ4v) is 2.40. The van der Waals surface area contributed by atoms with E-state index < -0.39 is 0 Å². The summed E-state index contributed by atoms with van der Waals surface area (Å²) in [6.45, 7) is 1.71. The van der Waals surface area contributed by atoms with Gasteiger partial charge < -0.3 is 14.2 Å². The zero-order valence-electron chi connectivity index (χ0n) is 10.2. The summed E-state index contributed by atoms with van der Waals surface area (Å²) in [5.74, 6) is -0.217. The molecule has 0 saturated carbocycles. The zero-order valence-corrected chi connectivity index (χ0v) is 11.8. The van der Waals surface area contributed by atoms with E-state index in [0.717, 1.165) is 25.9 Å². The standard InChI is InChI=1S/C12H15BrN2O3/c1-14(8-10(16)15-5-2-3-6-15)12(17)9-4-7-18-11(9)13/h4,7H,2-3,5-6,8H2,1H3. The Bertz CT molecular complexity index is 452. The maximum Gasteiger partial charge on any atom is 0.258 e. The predicted octanol–water partition coefficient (Wildman–Crippen LogP) is 1.74. The molecule has 0 unspecified atom stereocenters. The molecule has 2 rings (SSSR count). The predicted molar refractivity (Wildman–Crippen MR) is 69.2 cm³/mol. The van der Waals surface area contributed by atoms with Crippen molar-refractivity contribution < 1.29 is 14.0 Å². The highest BCUT2D eigenvalue weighted by Gasteiger charge is 2.23. The van der Waals surface area contributed by atoms with Crippen LogP contribution in [0.2, 0.25) is 0 Å². The van der Waals surface area contributed by atoms with Gasteiger partial charge in [0.2, 0.25) is 5.91 Å². The van der Waals surface area contributed by atoms with Gasteiger partial charge in [-0.15, -0.1) is 0 Å². The number of likely N-dealkylation sites (N-methyl/N-ethyl adjacent to an activating group) is 1. The molecule has 1 aromatic rings. The molecule has 0 atom stereocenters. The highest BCUT2D eigenvalue weighted by atomic mass is 79.9. The number of hydrogen-bond donors (Lipinski definition) is 0. The number of halogens is 1. The van der Waals surface area contributed by atoms with Crippen LogP contribution in [0.3, 0.4) is 0 Å². The summed E-state index contributed by atoms with van der Waals surface area (Å²) in [7, 11) is 1.62. The maximum absolute atomic E-state index is 12.0. The molecule has 1 aliphatic heterocycles. The number of amides is 2. The van der Waals surface area contributed by atoms with Gasteiger partial charge in [-0.1, -0.05) is 0 Å². The van der Waals surface area contributed by atoms with Gasteiger partial charge in [0, 0.05) is 20.1 Å². The van der Waals surface area contributed by atoms with E-state index in [-0.39, 0.29) is 18.4 Å². The second kappa shape index (κ2) is 5.56. The molecule has 18 heavy (non-hydrogen) atoms. The number of hydrogen-bond acceptors (Lipinski definition) is 3. The maximum atomic E-state index is 12.0. The zero-order chi connectivity index (χ0) is 13.1. The lowest BCUT2D eigenvalue weighted by Crippen LogP contribution is -2.39. The van der Waals surface area contributed by atoms with Crippen LogP contribution in [0.1, 0.15) is 23.2 Å². The minimum atomic E-state index is -0.219. The minimum Gasteiger partial charge on any atom is -0.457 e. The quantitative estimate of drug-likeness (QED) is 0.854. The molecule has 1 fully saturated rings. The van der Waals surface area contributed by atoms with Crippen molar-refractivity contribution in [3.8, 4) is 0 Å². The number of nitrogens with zero attached hydrogens (tertiary/aromatic N) is 2. The Hall–Kier alpha value is -1.30. The summed E-state index contributed by atoms with van der Waals surface area (Å²) in [4.78, 5) is 27.2. The molecule has 2 heterocycles. The van der Waals surface area contributed by atoms with Gasteiger partial charge in [-0.25, -0.2) is 0 Å². The number of likely N-dealkylation sites (tertiary alicyclic amines) is 1. The Balaban J connectivity index is 1.95. The molecule has 0 N–H and O–H groups in total. The Morgan fingerprint density at radius 2 is 2.11 bits per heavy atom. The normalized spacial score (nSPS) is 14.9. The van der Waals surface area contributed by atoms with E-state index >= 15 is 0 Å². The lowest BCUT2D eigenvalue weighted by Gasteiger charge is -2.21. The smallest absolute Gasteiger partial charge is 0.258 e. The van der Waals surface area contributed by atoms with Crippen molar-refractivity contribution in [2.24, 2.45) is 0 Å². The lowest BCUT2D eigenvalue weighted by molar-refractivity contribution is -0.130. The lowest BCUT2D eigenvalue weighted by atomic mass is 10.3. The summed E-state index contributed by atoms with van der Waals surface area (Å²) >= 11 is 3.16. The van der Waals surface area contributed by atoms with Gasteiger partial charge in [0.1, 0.15) is 0 Å². The highest BCUT2D eigenvalue weighted by molar-refractivity contribution is 9.10. The Morgan fingerprint density at radius 3 is 2.67 bits per heavy atom. The summed E-state index contributed by atoms with van der Waals surface area (Å²) in [6, 6.07) is 1.59. The van der Waals surface area contributed by atoms with Gasteiger partial charge in [0.05, 0.1) is 18.4 Å². The topological polar surface area (TPSA) is 53.8 Å². The van der Waals surface area contributed by atoms with E-state index in [9.17, 15) is 9.59 Å². The van der Waals surface area contributed by atoms with Crippen LogP contribution in [0.5, 0.6) is 0 Å². The van der Waals surface area contributed by atoms with Crippen molar-refractivity contribution in [3.63, 3.8) is 0 Å². The second-order valence-electron chi connectivity index (χ2n) is 4.36. The van der Waals surface area contributed by atoms with E-state index in [1.54, 1.807) is 18.0 Å². The first-order chi connectivity index (χ1) is 8.59. The molecule has 1 aromatic heterocycles. The largest absolute Gasteiger partial charge is 0.457 e. The molecule has 2 amide bonds. The molecular formula is C12H15BrN2O3. The van der Waals surface area contributed by atoms with Gasteiger partial charge >= 0.3 is 0 Å². The fraction of sp³-hybridized carbons (Fsp3) is 0.500. The van der Waals surface area contributed by atoms with Crippen LogP contribution in [0.15, 0.2) is 21.4 Å². The van der Waals surface area contributed by atoms with Crippen molar-refractivity contribution in [3.05, 3.63) is 22.6 Å². The number of rotatable bonds is 3. The molecule has 0 aliphatic carbocycles. The van der Waals surface area contributed by atoms with Crippen molar-refractivity contribution in [2.75, 3.05) is 26.7 Å². The SMILES string of the molecule is CN(CC(=O)N1CCCC1)C(=O)c1ccoc1Br. The molecule has 0 aromatic carbocycles. The molecule has 98 valence electrons. The van der Waals surface area contributed by atoms with E-state index in [1.165, 1.54) is 11.2 Å². The molecule has 1 aliphatic rings. The monoisotopic (exact) mass is 314 g/mol. The molecule has 0 spiro atoms. The van der Waals surface area contributed by atoms with Gasteiger partial charge in [0.15, 0.2) is 4.67 Å². The Kier molecular flexibility index (Phi) is 4.06. The minimum absolute atomic E-state index is 0.00275. The highest BCUT2D eigenvalue weighted by Crippen LogP contribution is 2.19. The first kappa shape index (κ1) is 13.1. The van der Waals surface area contributed by atoms with Crippen molar-refractivity contribution in [2.45, 2.75) is 12.8 Å². The van der Waals surface area contributed by atoms with Gasteiger partial charge in [-0.05, 0) is 34.8 Å². The first-order valence-corrected chi connectivity index (χ1v) is 6.65. The van der Waals surface area contributed by atoms with Crippen LogP contribution in [0.4, 0.5) is 0 Å². The van der Waals surface area contributed by atoms with Crippen LogP contribution in [0.25, 0.3) is 0 Å². The molecule has 6 heteroatoms. The third-order valence-corrected chi connectivity index (χ3v) is 3.64. The van der Waals surface area contributed by atoms with Crippen molar-refractivity contribution >= 4 is 27.7 Å². The van der Waals surface area contributed by atoms with Crippen LogP contribution in [0, 0.1) is 0 Å². The summed E-state index contributed by atoms with van der Waals surface area (Å²) in [6.07, 6.45) is 3.54. The van der Waals surface area contributed by atoms with Crippen LogP contribution >= 0.6 is 15.9 Å². The third kappa shape index (κ3) is 2.75. The van der Waals surface area contributed by atoms with Crippen molar-refractivity contribution in [1.82, 2.24) is 9.80 Å². The number of carbonyl (C=O) groups is 2. The fourth-order valence-electron chi connectivity index (χ4n) is 1.99. The average Bonchev–Trinajstić information content (AvgIpc) is 2.98. The van der Waals surface area contributed by atoms with Gasteiger partial charge in [-0.3, -0.25) is 9.59 Å². The van der Waals surface area contributed by atoms with Crippen molar-refractivity contribution in [1.29, 1.82) is 0 Å². The van der Waals surface area contributed by atoms with E-state index in [0.29, 0.717) is 10.2 Å². The van der Waals surface area contributed by atoms with Gasteiger partial charge in [0.25, 0.3) is 5.91 Å². The summed E-state index contributed by atoms with van der Waals surface area (Å²) < 4.78 is 5.41. The number of furan rings is 1.